The first kappa shape index (κ1) is 31.7. The van der Waals surface area contributed by atoms with E-state index >= 15 is 0 Å². The van der Waals surface area contributed by atoms with E-state index in [1.807, 2.05) is 38.4 Å². The van der Waals surface area contributed by atoms with Gasteiger partial charge in [-0.15, -0.1) is 0 Å². The molecule has 0 saturated heterocycles. The zero-order valence-electron chi connectivity index (χ0n) is 26.6. The van der Waals surface area contributed by atoms with E-state index in [2.05, 4.69) is 150 Å². The Morgan fingerprint density at radius 2 is 0.891 bits per heavy atom. The highest BCUT2D eigenvalue weighted by Gasteiger charge is 2.31. The average Bonchev–Trinajstić information content (AvgIpc) is 3.10. The van der Waals surface area contributed by atoms with Gasteiger partial charge in [0.1, 0.15) is 6.15 Å². The largest absolute Gasteiger partial charge is 0.378 e. The van der Waals surface area contributed by atoms with Crippen molar-refractivity contribution < 1.29 is 14.4 Å². The van der Waals surface area contributed by atoms with Crippen LogP contribution in [-0.4, -0.2) is 26.2 Å². The van der Waals surface area contributed by atoms with Gasteiger partial charge in [-0.1, -0.05) is 146 Å². The van der Waals surface area contributed by atoms with E-state index < -0.39 is 6.15 Å². The zero-order chi connectivity index (χ0) is 32.2. The Bertz CT molecular complexity index is 1660. The van der Waals surface area contributed by atoms with Gasteiger partial charge in [0, 0.05) is 43.6 Å². The molecule has 6 aromatic rings. The van der Waals surface area contributed by atoms with Crippen LogP contribution in [0, 0.1) is 0 Å². The van der Waals surface area contributed by atoms with Gasteiger partial charge in [0.05, 0.1) is 0 Å². The molecule has 0 aliphatic rings. The van der Waals surface area contributed by atoms with Crippen LogP contribution in [-0.2, 0) is 4.79 Å². The molecule has 1 heterocycles. The Kier molecular flexibility index (Phi) is 10.6. The molecular formula is C41H39BN2O2. The number of nitrogens with zero attached hydrogens (tertiary/aromatic N) is 2. The van der Waals surface area contributed by atoms with Crippen molar-refractivity contribution in [1.82, 2.24) is 0 Å². The lowest BCUT2D eigenvalue weighted by molar-refractivity contribution is -0.869. The molecule has 0 amide bonds. The Labute approximate surface area is 272 Å². The summed E-state index contributed by atoms with van der Waals surface area (Å²) in [7, 11) is 4.04. The predicted octanol–water partition coefficient (Wildman–Crippen LogP) is 5.25. The molecule has 5 aromatic carbocycles. The number of pyridine rings is 1. The Hall–Kier alpha value is -5.68. The van der Waals surface area contributed by atoms with Crippen LogP contribution in [0.4, 0.5) is 5.69 Å². The van der Waals surface area contributed by atoms with Gasteiger partial charge in [0.15, 0.2) is 0 Å². The molecule has 0 atom stereocenters. The number of hydrogen-bond acceptors (Lipinski definition) is 3. The maximum Gasteiger partial charge on any atom is 0.377 e. The molecule has 6 rings (SSSR count). The fraction of sp³-hybridized carbons (Fsp3) is 0.0732. The van der Waals surface area contributed by atoms with Gasteiger partial charge in [-0.25, -0.2) is 4.79 Å². The van der Waals surface area contributed by atoms with Crippen molar-refractivity contribution in [1.29, 1.82) is 0 Å². The van der Waals surface area contributed by atoms with Gasteiger partial charge in [0.2, 0.25) is 12.4 Å². The van der Waals surface area contributed by atoms with Crippen molar-refractivity contribution in [3.63, 3.8) is 0 Å². The molecule has 0 spiro atoms. The minimum absolute atomic E-state index is 0.343. The summed E-state index contributed by atoms with van der Waals surface area (Å²) in [4.78, 5) is 17.8. The molecule has 0 bridgehead atoms. The lowest BCUT2D eigenvalue weighted by Crippen LogP contribution is -2.74. The topological polar surface area (TPSA) is 33.4 Å². The number of carbonyl (C=O) groups is 1. The molecule has 0 fully saturated rings. The zero-order valence-corrected chi connectivity index (χ0v) is 26.6. The van der Waals surface area contributed by atoms with Crippen molar-refractivity contribution in [2.24, 2.45) is 0 Å². The maximum atomic E-state index is 10.8. The summed E-state index contributed by atoms with van der Waals surface area (Å²) in [6.45, 7) is 1.37. The van der Waals surface area contributed by atoms with E-state index in [1.54, 1.807) is 12.4 Å². The number of aromatic nitrogens is 1. The fourth-order valence-corrected chi connectivity index (χ4v) is 5.94. The van der Waals surface area contributed by atoms with E-state index in [0.29, 0.717) is 0 Å². The van der Waals surface area contributed by atoms with Crippen LogP contribution >= 0.6 is 0 Å². The summed E-state index contributed by atoms with van der Waals surface area (Å²) in [6, 6.07) is 55.6. The lowest BCUT2D eigenvalue weighted by Gasteiger charge is -2.44. The van der Waals surface area contributed by atoms with Crippen molar-refractivity contribution in [2.75, 3.05) is 19.0 Å². The van der Waals surface area contributed by atoms with Crippen molar-refractivity contribution in [3.05, 3.63) is 181 Å². The second-order valence-electron chi connectivity index (χ2n) is 11.4. The first-order chi connectivity index (χ1) is 22.5. The van der Waals surface area contributed by atoms with Crippen molar-refractivity contribution in [2.45, 2.75) is 6.92 Å². The molecule has 228 valence electrons. The third-order valence-electron chi connectivity index (χ3n) is 8.14. The molecule has 4 nitrogen and oxygen atoms in total. The molecule has 46 heavy (non-hydrogen) atoms. The molecule has 0 saturated carbocycles. The first-order valence-electron chi connectivity index (χ1n) is 15.5. The number of benzene rings is 5. The van der Waals surface area contributed by atoms with Gasteiger partial charge in [-0.2, -0.15) is 26.7 Å². The fourth-order valence-electron chi connectivity index (χ4n) is 5.94. The Balaban J connectivity index is 0.000000184. The van der Waals surface area contributed by atoms with Crippen LogP contribution in [0.15, 0.2) is 170 Å². The summed E-state index contributed by atoms with van der Waals surface area (Å²) in [5.74, 6) is -0.343. The maximum absolute atomic E-state index is 10.8. The summed E-state index contributed by atoms with van der Waals surface area (Å²) in [5, 5.41) is 0. The number of anilines is 1. The van der Waals surface area contributed by atoms with Gasteiger partial charge < -0.3 is 4.90 Å². The highest BCUT2D eigenvalue weighted by atomic mass is 16.7. The number of carbonyl (C=O) groups excluding carboxylic acids is 1. The summed E-state index contributed by atoms with van der Waals surface area (Å²) in [5.41, 5.74) is 8.70. The van der Waals surface area contributed by atoms with Gasteiger partial charge >= 0.3 is 5.97 Å². The van der Waals surface area contributed by atoms with E-state index in [-0.39, 0.29) is 5.97 Å². The third-order valence-corrected chi connectivity index (χ3v) is 8.14. The molecule has 0 aliphatic carbocycles. The Morgan fingerprint density at radius 1 is 0.543 bits per heavy atom. The van der Waals surface area contributed by atoms with Crippen LogP contribution in [0.25, 0.3) is 12.2 Å². The summed E-state index contributed by atoms with van der Waals surface area (Å²) >= 11 is 0. The molecule has 1 aromatic heterocycles. The average molecular weight is 603 g/mol. The second-order valence-corrected chi connectivity index (χ2v) is 11.4. The van der Waals surface area contributed by atoms with Crippen LogP contribution in [0.1, 0.15) is 18.1 Å². The molecule has 0 aliphatic heterocycles. The van der Waals surface area contributed by atoms with E-state index in [4.69, 9.17) is 4.84 Å². The predicted molar refractivity (Wildman–Crippen MR) is 194 cm³/mol. The third kappa shape index (κ3) is 7.69. The molecule has 0 N–H and O–H groups in total. The van der Waals surface area contributed by atoms with Gasteiger partial charge in [-0.3, -0.25) is 0 Å². The van der Waals surface area contributed by atoms with E-state index in [1.165, 1.54) is 39.2 Å². The molecule has 0 radical (unpaired) electrons. The Morgan fingerprint density at radius 3 is 1.22 bits per heavy atom. The monoisotopic (exact) mass is 602 g/mol. The smallest absolute Gasteiger partial charge is 0.377 e. The molecule has 5 heteroatoms. The first-order valence-corrected chi connectivity index (χ1v) is 15.5. The van der Waals surface area contributed by atoms with Crippen LogP contribution < -0.4 is 36.3 Å². The minimum atomic E-state index is -1.22. The van der Waals surface area contributed by atoms with E-state index in [9.17, 15) is 4.79 Å². The lowest BCUT2D eigenvalue weighted by atomic mass is 9.13. The van der Waals surface area contributed by atoms with E-state index in [0.717, 1.165) is 11.1 Å². The van der Waals surface area contributed by atoms with Crippen molar-refractivity contribution in [3.8, 4) is 0 Å². The highest BCUT2D eigenvalue weighted by Crippen LogP contribution is 2.14. The highest BCUT2D eigenvalue weighted by molar-refractivity contribution is 7.19. The van der Waals surface area contributed by atoms with Crippen LogP contribution in [0.3, 0.4) is 0 Å². The minimum Gasteiger partial charge on any atom is -0.378 e. The number of rotatable bonds is 8. The standard InChI is InChI=1S/C24H20B.C17H19N2O2/c1-5-13-21(14-6-1)25(22-15-7-2-8-16-22,23-17-9-3-10-18-23)24-19-11-4-12-20-24;1-14(20)21-19-12-10-16(11-13-19)5-4-15-6-8-17(9-7-15)18(2)3/h1-20H;4-13H,1-3H3/q-1;+1. The molecule has 0 unspecified atom stereocenters. The van der Waals surface area contributed by atoms with Crippen LogP contribution in [0.5, 0.6) is 0 Å². The quantitative estimate of drug-likeness (QED) is 0.176. The van der Waals surface area contributed by atoms with Crippen LogP contribution in [0.2, 0.25) is 0 Å². The SMILES string of the molecule is CC(=O)O[n+]1ccc(C=Cc2ccc(N(C)C)cc2)cc1.c1ccc([B-](c2ccccc2)(c2ccccc2)c2ccccc2)cc1. The second kappa shape index (κ2) is 15.4. The summed E-state index contributed by atoms with van der Waals surface area (Å²) in [6.07, 6.45) is 6.26. The molecular weight excluding hydrogens is 563 g/mol. The number of hydrogen-bond donors (Lipinski definition) is 0. The normalized spacial score (nSPS) is 10.9. The van der Waals surface area contributed by atoms with Gasteiger partial charge in [0.25, 0.3) is 0 Å². The van der Waals surface area contributed by atoms with Gasteiger partial charge in [-0.05, 0) is 23.3 Å². The van der Waals surface area contributed by atoms with Crippen molar-refractivity contribution >= 4 is 51.8 Å². The summed E-state index contributed by atoms with van der Waals surface area (Å²) < 4.78 is 1.38.